The summed E-state index contributed by atoms with van der Waals surface area (Å²) in [4.78, 5) is 11.1. The first-order valence-corrected chi connectivity index (χ1v) is 4.22. The largest absolute Gasteiger partial charge is 0.351 e. The molecule has 1 amide bonds. The molecule has 0 atom stereocenters. The molecular formula is C10H10N2O2. The molecule has 0 radical (unpaired) electrons. The standard InChI is InChI=1S/C10H10N2O2/c1-12-5-4-7-2-3-8(6-9(7)12)10(13)11-14/h2-6,14H,1H3,(H,11,13). The molecule has 4 nitrogen and oxygen atoms in total. The summed E-state index contributed by atoms with van der Waals surface area (Å²) in [5, 5.41) is 9.55. The Labute approximate surface area is 80.7 Å². The van der Waals surface area contributed by atoms with Crippen molar-refractivity contribution in [2.24, 2.45) is 7.05 Å². The molecule has 0 saturated carbocycles. The number of hydroxylamine groups is 1. The van der Waals surface area contributed by atoms with Crippen LogP contribution >= 0.6 is 0 Å². The molecule has 0 aliphatic carbocycles. The lowest BCUT2D eigenvalue weighted by atomic mass is 10.1. The van der Waals surface area contributed by atoms with Crippen LogP contribution in [-0.2, 0) is 7.05 Å². The van der Waals surface area contributed by atoms with Gasteiger partial charge < -0.3 is 4.57 Å². The fraction of sp³-hybridized carbons (Fsp3) is 0.100. The second-order valence-electron chi connectivity index (χ2n) is 3.14. The minimum absolute atomic E-state index is 0.446. The average molecular weight is 190 g/mol. The summed E-state index contributed by atoms with van der Waals surface area (Å²) in [6.45, 7) is 0. The third-order valence-electron chi connectivity index (χ3n) is 2.25. The Balaban J connectivity index is 2.60. The number of amides is 1. The van der Waals surface area contributed by atoms with Crippen LogP contribution in [0.3, 0.4) is 0 Å². The maximum Gasteiger partial charge on any atom is 0.274 e. The van der Waals surface area contributed by atoms with E-state index in [1.165, 1.54) is 0 Å². The van der Waals surface area contributed by atoms with Gasteiger partial charge in [-0.15, -0.1) is 0 Å². The second kappa shape index (κ2) is 3.16. The van der Waals surface area contributed by atoms with E-state index in [-0.39, 0.29) is 0 Å². The molecule has 1 aromatic carbocycles. The Morgan fingerprint density at radius 1 is 1.43 bits per heavy atom. The van der Waals surface area contributed by atoms with Gasteiger partial charge >= 0.3 is 0 Å². The van der Waals surface area contributed by atoms with Gasteiger partial charge in [-0.2, -0.15) is 0 Å². The van der Waals surface area contributed by atoms with Crippen molar-refractivity contribution in [2.45, 2.75) is 0 Å². The molecule has 0 unspecified atom stereocenters. The zero-order chi connectivity index (χ0) is 10.1. The molecule has 14 heavy (non-hydrogen) atoms. The number of carbonyl (C=O) groups excluding carboxylic acids is 1. The lowest BCUT2D eigenvalue weighted by molar-refractivity contribution is 0.0706. The molecule has 1 heterocycles. The van der Waals surface area contributed by atoms with Gasteiger partial charge in [-0.25, -0.2) is 5.48 Å². The predicted molar refractivity (Wildman–Crippen MR) is 52.2 cm³/mol. The van der Waals surface area contributed by atoms with Gasteiger partial charge in [-0.05, 0) is 23.6 Å². The Morgan fingerprint density at radius 3 is 2.93 bits per heavy atom. The third kappa shape index (κ3) is 1.25. The van der Waals surface area contributed by atoms with Crippen molar-refractivity contribution < 1.29 is 10.0 Å². The molecule has 0 aliphatic rings. The molecule has 0 bridgehead atoms. The minimum Gasteiger partial charge on any atom is -0.351 e. The summed E-state index contributed by atoms with van der Waals surface area (Å²) in [5.74, 6) is -0.492. The van der Waals surface area contributed by atoms with E-state index < -0.39 is 5.91 Å². The van der Waals surface area contributed by atoms with E-state index >= 15 is 0 Å². The van der Waals surface area contributed by atoms with Crippen molar-refractivity contribution >= 4 is 16.8 Å². The van der Waals surface area contributed by atoms with Crippen LogP contribution in [0.25, 0.3) is 10.9 Å². The molecule has 2 rings (SSSR count). The van der Waals surface area contributed by atoms with Crippen LogP contribution in [0.2, 0.25) is 0 Å². The zero-order valence-corrected chi connectivity index (χ0v) is 7.69. The summed E-state index contributed by atoms with van der Waals surface area (Å²) in [5.41, 5.74) is 3.02. The van der Waals surface area contributed by atoms with Crippen LogP contribution in [0.1, 0.15) is 10.4 Å². The number of hydrogen-bond acceptors (Lipinski definition) is 2. The van der Waals surface area contributed by atoms with E-state index in [2.05, 4.69) is 0 Å². The third-order valence-corrected chi connectivity index (χ3v) is 2.25. The highest BCUT2D eigenvalue weighted by Crippen LogP contribution is 2.16. The lowest BCUT2D eigenvalue weighted by Gasteiger charge is -2.00. The molecule has 2 N–H and O–H groups in total. The molecule has 0 fully saturated rings. The first kappa shape index (κ1) is 8.77. The highest BCUT2D eigenvalue weighted by molar-refractivity contribution is 5.97. The van der Waals surface area contributed by atoms with Gasteiger partial charge in [-0.3, -0.25) is 10.0 Å². The zero-order valence-electron chi connectivity index (χ0n) is 7.69. The summed E-state index contributed by atoms with van der Waals surface area (Å²) < 4.78 is 1.92. The van der Waals surface area contributed by atoms with Crippen molar-refractivity contribution in [3.8, 4) is 0 Å². The van der Waals surface area contributed by atoms with E-state index in [1.807, 2.05) is 29.9 Å². The van der Waals surface area contributed by atoms with E-state index in [0.717, 1.165) is 10.9 Å². The number of rotatable bonds is 1. The van der Waals surface area contributed by atoms with Crippen LogP contribution in [-0.4, -0.2) is 15.7 Å². The van der Waals surface area contributed by atoms with Crippen LogP contribution in [0.5, 0.6) is 0 Å². The van der Waals surface area contributed by atoms with Crippen molar-refractivity contribution in [3.63, 3.8) is 0 Å². The highest BCUT2D eigenvalue weighted by atomic mass is 16.5. The second-order valence-corrected chi connectivity index (χ2v) is 3.14. The Kier molecular flexibility index (Phi) is 1.98. The summed E-state index contributed by atoms with van der Waals surface area (Å²) in [6.07, 6.45) is 1.92. The van der Waals surface area contributed by atoms with Gasteiger partial charge in [0.15, 0.2) is 0 Å². The number of carbonyl (C=O) groups is 1. The first-order valence-electron chi connectivity index (χ1n) is 4.22. The van der Waals surface area contributed by atoms with Gasteiger partial charge in [0.1, 0.15) is 0 Å². The number of hydrogen-bond donors (Lipinski definition) is 2. The number of nitrogens with zero attached hydrogens (tertiary/aromatic N) is 1. The fourth-order valence-electron chi connectivity index (χ4n) is 1.47. The van der Waals surface area contributed by atoms with Gasteiger partial charge in [0.25, 0.3) is 5.91 Å². The van der Waals surface area contributed by atoms with E-state index in [1.54, 1.807) is 17.6 Å². The molecule has 2 aromatic rings. The average Bonchev–Trinajstić information content (AvgIpc) is 2.59. The number of fused-ring (bicyclic) bond motifs is 1. The van der Waals surface area contributed by atoms with Gasteiger partial charge in [0.05, 0.1) is 0 Å². The molecule has 0 saturated heterocycles. The van der Waals surface area contributed by atoms with Crippen molar-refractivity contribution in [1.82, 2.24) is 10.0 Å². The SMILES string of the molecule is Cn1ccc2ccc(C(=O)NO)cc21. The molecule has 1 aromatic heterocycles. The number of nitrogens with one attached hydrogen (secondary N) is 1. The number of aryl methyl sites for hydroxylation is 1. The lowest BCUT2D eigenvalue weighted by Crippen LogP contribution is -2.18. The summed E-state index contributed by atoms with van der Waals surface area (Å²) in [7, 11) is 1.91. The predicted octanol–water partition coefficient (Wildman–Crippen LogP) is 1.30. The van der Waals surface area contributed by atoms with Crippen molar-refractivity contribution in [2.75, 3.05) is 0 Å². The van der Waals surface area contributed by atoms with Crippen molar-refractivity contribution in [1.29, 1.82) is 0 Å². The van der Waals surface area contributed by atoms with E-state index in [4.69, 9.17) is 5.21 Å². The first-order chi connectivity index (χ1) is 6.72. The molecule has 72 valence electrons. The smallest absolute Gasteiger partial charge is 0.274 e. The van der Waals surface area contributed by atoms with Gasteiger partial charge in [0.2, 0.25) is 0 Å². The van der Waals surface area contributed by atoms with Crippen LogP contribution in [0, 0.1) is 0 Å². The maximum absolute atomic E-state index is 11.1. The normalized spacial score (nSPS) is 10.4. The van der Waals surface area contributed by atoms with E-state index in [0.29, 0.717) is 5.56 Å². The fourth-order valence-corrected chi connectivity index (χ4v) is 1.47. The van der Waals surface area contributed by atoms with Gasteiger partial charge in [0, 0.05) is 24.3 Å². The number of aromatic nitrogens is 1. The Morgan fingerprint density at radius 2 is 2.21 bits per heavy atom. The summed E-state index contributed by atoms with van der Waals surface area (Å²) in [6, 6.07) is 7.23. The molecule has 4 heteroatoms. The molecule has 0 aliphatic heterocycles. The maximum atomic E-state index is 11.1. The van der Waals surface area contributed by atoms with Crippen molar-refractivity contribution in [3.05, 3.63) is 36.0 Å². The molecule has 0 spiro atoms. The van der Waals surface area contributed by atoms with Crippen LogP contribution in [0.15, 0.2) is 30.5 Å². The van der Waals surface area contributed by atoms with E-state index in [9.17, 15) is 4.79 Å². The molecular weight excluding hydrogens is 180 g/mol. The Hall–Kier alpha value is -1.81. The highest BCUT2D eigenvalue weighted by Gasteiger charge is 2.05. The van der Waals surface area contributed by atoms with Crippen LogP contribution < -0.4 is 5.48 Å². The number of benzene rings is 1. The Bertz CT molecular complexity index is 488. The van der Waals surface area contributed by atoms with Crippen LogP contribution in [0.4, 0.5) is 0 Å². The minimum atomic E-state index is -0.492. The quantitative estimate of drug-likeness (QED) is 0.526. The van der Waals surface area contributed by atoms with Gasteiger partial charge in [-0.1, -0.05) is 6.07 Å². The monoisotopic (exact) mass is 190 g/mol. The topological polar surface area (TPSA) is 54.3 Å². The summed E-state index contributed by atoms with van der Waals surface area (Å²) >= 11 is 0.